The van der Waals surface area contributed by atoms with Gasteiger partial charge >= 0.3 is 5.97 Å². The lowest BCUT2D eigenvalue weighted by molar-refractivity contribution is -0.139. The fraction of sp³-hybridized carbons (Fsp3) is 0.286. The molecule has 0 aliphatic rings. The van der Waals surface area contributed by atoms with Crippen molar-refractivity contribution >= 4 is 33.1 Å². The van der Waals surface area contributed by atoms with Gasteiger partial charge in [0, 0.05) is 48.8 Å². The van der Waals surface area contributed by atoms with E-state index >= 15 is 0 Å². The molecule has 2 aromatic heterocycles. The molecular formula is C28H29FN4O6S2. The van der Waals surface area contributed by atoms with Gasteiger partial charge in [-0.25, -0.2) is 27.6 Å². The average molecular weight is 601 g/mol. The Labute approximate surface area is 240 Å². The number of carboxylic acids is 1. The summed E-state index contributed by atoms with van der Waals surface area (Å²) < 4.78 is 45.1. The lowest BCUT2D eigenvalue weighted by Gasteiger charge is -2.20. The second-order valence-electron chi connectivity index (χ2n) is 9.46. The van der Waals surface area contributed by atoms with Crippen molar-refractivity contribution in [3.05, 3.63) is 94.2 Å². The first-order valence-electron chi connectivity index (χ1n) is 12.6. The molecule has 0 saturated heterocycles. The molecule has 0 fully saturated rings. The molecule has 216 valence electrons. The Kier molecular flexibility index (Phi) is 9.63. The molecule has 4 aromatic rings. The Balaban J connectivity index is 1.67. The summed E-state index contributed by atoms with van der Waals surface area (Å²) in [7, 11) is -1.55. The number of carboxylic acid groups (broad SMARTS) is 1. The van der Waals surface area contributed by atoms with Crippen LogP contribution in [-0.2, 0) is 32.8 Å². The summed E-state index contributed by atoms with van der Waals surface area (Å²) in [5, 5.41) is 14.6. The second kappa shape index (κ2) is 13.1. The third-order valence-electron chi connectivity index (χ3n) is 6.36. The van der Waals surface area contributed by atoms with Crippen LogP contribution in [0.4, 0.5) is 4.39 Å². The number of amides is 1. The van der Waals surface area contributed by atoms with Crippen LogP contribution in [0.15, 0.2) is 66.6 Å². The maximum absolute atomic E-state index is 13.8. The van der Waals surface area contributed by atoms with E-state index in [9.17, 15) is 27.5 Å². The number of carbonyl (C=O) groups is 2. The molecule has 0 saturated carbocycles. The van der Waals surface area contributed by atoms with Gasteiger partial charge in [-0.05, 0) is 47.4 Å². The van der Waals surface area contributed by atoms with Gasteiger partial charge in [-0.3, -0.25) is 4.79 Å². The standard InChI is InChI=1S/C28H29FN4O6S2/c1-33-17-30-16-21(33)9-12-39-25(27-31-11-13-40-27)19-5-8-22(23(15-19)18-3-6-20(29)7-4-18)26(34)32-24(28(35)36)10-14-41(2,37)38/h3-8,11,13,15-17,24-25H,9-10,12,14H2,1-2H3,(H,32,34)(H,35,36)/t24-,25?/m0/s1. The minimum atomic E-state index is -3.44. The Bertz CT molecular complexity index is 1600. The highest BCUT2D eigenvalue weighted by molar-refractivity contribution is 7.90. The van der Waals surface area contributed by atoms with E-state index < -0.39 is 45.4 Å². The van der Waals surface area contributed by atoms with Crippen LogP contribution in [0.2, 0.25) is 0 Å². The number of hydrogen-bond donors (Lipinski definition) is 2. The number of benzene rings is 2. The van der Waals surface area contributed by atoms with Gasteiger partial charge in [-0.15, -0.1) is 11.3 Å². The van der Waals surface area contributed by atoms with Crippen molar-refractivity contribution < 1.29 is 32.2 Å². The highest BCUT2D eigenvalue weighted by atomic mass is 32.2. The number of aryl methyl sites for hydroxylation is 1. The van der Waals surface area contributed by atoms with Crippen molar-refractivity contribution in [1.29, 1.82) is 0 Å². The number of aromatic nitrogens is 3. The van der Waals surface area contributed by atoms with Gasteiger partial charge in [0.25, 0.3) is 5.91 Å². The lowest BCUT2D eigenvalue weighted by atomic mass is 9.94. The number of nitrogens with one attached hydrogen (secondary N) is 1. The van der Waals surface area contributed by atoms with Gasteiger partial charge in [0.1, 0.15) is 32.8 Å². The fourth-order valence-electron chi connectivity index (χ4n) is 4.20. The van der Waals surface area contributed by atoms with Gasteiger partial charge in [-0.2, -0.15) is 0 Å². The third-order valence-corrected chi connectivity index (χ3v) is 8.16. The van der Waals surface area contributed by atoms with Gasteiger partial charge < -0.3 is 19.7 Å². The van der Waals surface area contributed by atoms with E-state index in [-0.39, 0.29) is 12.0 Å². The summed E-state index contributed by atoms with van der Waals surface area (Å²) in [5.74, 6) is -2.92. The second-order valence-corrected chi connectivity index (χ2v) is 12.6. The minimum absolute atomic E-state index is 0.138. The van der Waals surface area contributed by atoms with Crippen molar-refractivity contribution in [2.24, 2.45) is 7.05 Å². The molecule has 10 nitrogen and oxygen atoms in total. The number of sulfone groups is 1. The van der Waals surface area contributed by atoms with Gasteiger partial charge in [0.15, 0.2) is 0 Å². The van der Waals surface area contributed by atoms with Crippen LogP contribution in [0.3, 0.4) is 0 Å². The van der Waals surface area contributed by atoms with E-state index in [1.165, 1.54) is 35.6 Å². The number of halogens is 1. The maximum atomic E-state index is 13.8. The molecule has 1 amide bonds. The molecule has 4 rings (SSSR count). The largest absolute Gasteiger partial charge is 0.480 e. The molecule has 0 radical (unpaired) electrons. The van der Waals surface area contributed by atoms with E-state index in [1.807, 2.05) is 17.0 Å². The van der Waals surface area contributed by atoms with Crippen LogP contribution in [0, 0.1) is 5.82 Å². The number of thiazole rings is 1. The number of carbonyl (C=O) groups excluding carboxylic acids is 1. The molecule has 2 N–H and O–H groups in total. The van der Waals surface area contributed by atoms with Gasteiger partial charge in [0.05, 0.1) is 18.7 Å². The summed E-state index contributed by atoms with van der Waals surface area (Å²) >= 11 is 1.41. The third kappa shape index (κ3) is 8.06. The first-order chi connectivity index (χ1) is 19.5. The maximum Gasteiger partial charge on any atom is 0.326 e. The van der Waals surface area contributed by atoms with E-state index in [0.29, 0.717) is 34.7 Å². The molecule has 0 aliphatic heterocycles. The first-order valence-corrected chi connectivity index (χ1v) is 15.5. The topological polar surface area (TPSA) is 140 Å². The smallest absolute Gasteiger partial charge is 0.326 e. The Morgan fingerprint density at radius 3 is 2.56 bits per heavy atom. The number of ether oxygens (including phenoxy) is 1. The quantitative estimate of drug-likeness (QED) is 0.237. The number of aliphatic carboxylic acids is 1. The summed E-state index contributed by atoms with van der Waals surface area (Å²) in [5.41, 5.74) is 2.76. The molecule has 1 unspecified atom stereocenters. The monoisotopic (exact) mass is 600 g/mol. The molecular weight excluding hydrogens is 571 g/mol. The normalized spacial score (nSPS) is 13.0. The van der Waals surface area contributed by atoms with Crippen molar-refractivity contribution in [1.82, 2.24) is 19.9 Å². The molecule has 2 heterocycles. The van der Waals surface area contributed by atoms with Crippen LogP contribution < -0.4 is 5.32 Å². The Morgan fingerprint density at radius 2 is 1.95 bits per heavy atom. The Morgan fingerprint density at radius 1 is 1.20 bits per heavy atom. The Hall–Kier alpha value is -3.94. The summed E-state index contributed by atoms with van der Waals surface area (Å²) in [6, 6.07) is 9.13. The predicted octanol–water partition coefficient (Wildman–Crippen LogP) is 3.65. The molecule has 41 heavy (non-hydrogen) atoms. The van der Waals surface area contributed by atoms with Crippen molar-refractivity contribution in [3.8, 4) is 11.1 Å². The molecule has 2 atom stereocenters. The van der Waals surface area contributed by atoms with Crippen molar-refractivity contribution in [2.45, 2.75) is 25.0 Å². The van der Waals surface area contributed by atoms with Gasteiger partial charge in [0.2, 0.25) is 0 Å². The van der Waals surface area contributed by atoms with Crippen LogP contribution in [0.25, 0.3) is 11.1 Å². The molecule has 13 heteroatoms. The van der Waals surface area contributed by atoms with E-state index in [4.69, 9.17) is 4.74 Å². The zero-order valence-electron chi connectivity index (χ0n) is 22.4. The summed E-state index contributed by atoms with van der Waals surface area (Å²) in [6.45, 7) is 0.360. The number of imidazole rings is 1. The lowest BCUT2D eigenvalue weighted by Crippen LogP contribution is -2.42. The number of rotatable bonds is 13. The van der Waals surface area contributed by atoms with E-state index in [0.717, 1.165) is 11.9 Å². The summed E-state index contributed by atoms with van der Waals surface area (Å²) in [6.07, 6.45) is 5.89. The molecule has 0 aliphatic carbocycles. The van der Waals surface area contributed by atoms with Crippen molar-refractivity contribution in [3.63, 3.8) is 0 Å². The van der Waals surface area contributed by atoms with Crippen LogP contribution in [0.5, 0.6) is 0 Å². The van der Waals surface area contributed by atoms with Crippen molar-refractivity contribution in [2.75, 3.05) is 18.6 Å². The summed E-state index contributed by atoms with van der Waals surface area (Å²) in [4.78, 5) is 33.7. The molecule has 0 spiro atoms. The van der Waals surface area contributed by atoms with E-state index in [1.54, 1.807) is 36.9 Å². The molecule has 2 aromatic carbocycles. The number of hydrogen-bond acceptors (Lipinski definition) is 8. The average Bonchev–Trinajstić information content (AvgIpc) is 3.60. The van der Waals surface area contributed by atoms with Crippen LogP contribution in [0.1, 0.15) is 39.1 Å². The minimum Gasteiger partial charge on any atom is -0.480 e. The SMILES string of the molecule is Cn1cncc1CCOC(c1ccc(C(=O)N[C@@H](CCS(C)(=O)=O)C(=O)O)c(-c2ccc(F)cc2)c1)c1nccs1. The highest BCUT2D eigenvalue weighted by Gasteiger charge is 2.26. The first kappa shape index (κ1) is 30.0. The zero-order valence-corrected chi connectivity index (χ0v) is 24.0. The molecule has 0 bridgehead atoms. The highest BCUT2D eigenvalue weighted by Crippen LogP contribution is 2.33. The van der Waals surface area contributed by atoms with E-state index in [2.05, 4.69) is 15.3 Å². The number of nitrogens with zero attached hydrogens (tertiary/aromatic N) is 3. The fourth-order valence-corrected chi connectivity index (χ4v) is 5.57. The van der Waals surface area contributed by atoms with Crippen LogP contribution in [-0.4, -0.2) is 64.6 Å². The predicted molar refractivity (Wildman–Crippen MR) is 152 cm³/mol. The van der Waals surface area contributed by atoms with Gasteiger partial charge in [-0.1, -0.05) is 18.2 Å². The zero-order chi connectivity index (χ0) is 29.6. The van der Waals surface area contributed by atoms with Crippen LogP contribution >= 0.6 is 11.3 Å².